The molecule has 0 aliphatic rings. The Bertz CT molecular complexity index is 710. The normalized spacial score (nSPS) is 10.5. The van der Waals surface area contributed by atoms with Crippen LogP contribution in [-0.4, -0.2) is 22.6 Å². The summed E-state index contributed by atoms with van der Waals surface area (Å²) in [4.78, 5) is 12.1. The highest BCUT2D eigenvalue weighted by Crippen LogP contribution is 2.28. The molecule has 2 N–H and O–H groups in total. The van der Waals surface area contributed by atoms with Gasteiger partial charge in [-0.1, -0.05) is 13.0 Å². The zero-order valence-corrected chi connectivity index (χ0v) is 12.4. The number of Topliss-reactive ketones (excluding diaryl/α,β-unsaturated/α-hetero) is 1. The van der Waals surface area contributed by atoms with E-state index < -0.39 is 11.6 Å². The van der Waals surface area contributed by atoms with Gasteiger partial charge in [0.05, 0.1) is 5.56 Å². The molecule has 2 rings (SSSR count). The van der Waals surface area contributed by atoms with Crippen LogP contribution in [0.15, 0.2) is 30.3 Å². The van der Waals surface area contributed by atoms with E-state index in [2.05, 4.69) is 0 Å². The summed E-state index contributed by atoms with van der Waals surface area (Å²) in [6.07, 6.45) is 0.524. The molecule has 0 saturated carbocycles. The summed E-state index contributed by atoms with van der Waals surface area (Å²) < 4.78 is 18.7. The summed E-state index contributed by atoms with van der Waals surface area (Å²) in [6, 6.07) is 6.91. The van der Waals surface area contributed by atoms with Gasteiger partial charge in [0.15, 0.2) is 6.61 Å². The average molecular weight is 304 g/mol. The molecule has 0 unspecified atom stereocenters. The first kappa shape index (κ1) is 15.8. The Morgan fingerprint density at radius 1 is 1.18 bits per heavy atom. The van der Waals surface area contributed by atoms with Crippen LogP contribution in [0.1, 0.15) is 28.4 Å². The fourth-order valence-electron chi connectivity index (χ4n) is 2.02. The molecule has 2 aromatic rings. The third-order valence-corrected chi connectivity index (χ3v) is 3.39. The van der Waals surface area contributed by atoms with Crippen molar-refractivity contribution in [2.75, 3.05) is 6.61 Å². The number of carbonyl (C=O) groups excluding carboxylic acids is 1. The Labute approximate surface area is 127 Å². The highest BCUT2D eigenvalue weighted by molar-refractivity contribution is 6.00. The van der Waals surface area contributed by atoms with Gasteiger partial charge in [-0.2, -0.15) is 0 Å². The number of phenolic OH excluding ortho intramolecular Hbond substituents is 2. The van der Waals surface area contributed by atoms with Crippen molar-refractivity contribution in [3.63, 3.8) is 0 Å². The Morgan fingerprint density at radius 2 is 1.91 bits per heavy atom. The number of halogens is 1. The lowest BCUT2D eigenvalue weighted by Crippen LogP contribution is -2.12. The number of aromatic hydroxyl groups is 2. The monoisotopic (exact) mass is 304 g/mol. The van der Waals surface area contributed by atoms with Crippen LogP contribution < -0.4 is 4.74 Å². The van der Waals surface area contributed by atoms with Crippen LogP contribution in [0, 0.1) is 12.7 Å². The van der Waals surface area contributed by atoms with E-state index in [9.17, 15) is 19.4 Å². The molecule has 0 spiro atoms. The smallest absolute Gasteiger partial charge is 0.203 e. The molecule has 0 radical (unpaired) electrons. The van der Waals surface area contributed by atoms with Crippen LogP contribution in [0.2, 0.25) is 0 Å². The van der Waals surface area contributed by atoms with Crippen LogP contribution in [0.4, 0.5) is 4.39 Å². The van der Waals surface area contributed by atoms with E-state index in [1.165, 1.54) is 12.1 Å². The van der Waals surface area contributed by atoms with Crippen molar-refractivity contribution in [3.8, 4) is 17.2 Å². The van der Waals surface area contributed by atoms with Crippen LogP contribution >= 0.6 is 0 Å². The van der Waals surface area contributed by atoms with E-state index in [0.717, 1.165) is 6.07 Å². The minimum atomic E-state index is -0.451. The van der Waals surface area contributed by atoms with Gasteiger partial charge in [-0.25, -0.2) is 4.39 Å². The third-order valence-electron chi connectivity index (χ3n) is 3.39. The quantitative estimate of drug-likeness (QED) is 0.831. The number of phenols is 2. The predicted molar refractivity (Wildman–Crippen MR) is 80.1 cm³/mol. The molecule has 22 heavy (non-hydrogen) atoms. The second-order valence-corrected chi connectivity index (χ2v) is 4.97. The first-order valence-electron chi connectivity index (χ1n) is 6.89. The number of benzene rings is 2. The highest BCUT2D eigenvalue weighted by Gasteiger charge is 2.15. The van der Waals surface area contributed by atoms with Crippen molar-refractivity contribution in [2.45, 2.75) is 20.3 Å². The van der Waals surface area contributed by atoms with E-state index in [1.54, 1.807) is 19.1 Å². The van der Waals surface area contributed by atoms with Crippen molar-refractivity contribution < 1.29 is 24.1 Å². The number of aryl methyl sites for hydroxylation is 2. The molecular weight excluding hydrogens is 287 g/mol. The number of ketones is 1. The molecule has 0 atom stereocenters. The summed E-state index contributed by atoms with van der Waals surface area (Å²) >= 11 is 0. The molecule has 0 fully saturated rings. The summed E-state index contributed by atoms with van der Waals surface area (Å²) in [5.74, 6) is -0.985. The third kappa shape index (κ3) is 3.36. The van der Waals surface area contributed by atoms with Crippen molar-refractivity contribution >= 4 is 5.78 Å². The molecule has 5 heteroatoms. The standard InChI is InChI=1S/C17H17FO4/c1-3-11-6-13(16(20)8-15(11)19)17(21)9-22-12-5-4-10(2)14(18)7-12/h4-8,19-20H,3,9H2,1-2H3. The Balaban J connectivity index is 2.14. The fourth-order valence-corrected chi connectivity index (χ4v) is 2.02. The maximum atomic E-state index is 13.4. The Morgan fingerprint density at radius 3 is 2.55 bits per heavy atom. The number of hydrogen-bond acceptors (Lipinski definition) is 4. The number of hydrogen-bond donors (Lipinski definition) is 2. The predicted octanol–water partition coefficient (Wildman–Crippen LogP) is 3.37. The van der Waals surface area contributed by atoms with Crippen LogP contribution in [-0.2, 0) is 6.42 Å². The molecular formula is C17H17FO4. The van der Waals surface area contributed by atoms with Crippen molar-refractivity contribution in [2.24, 2.45) is 0 Å². The molecule has 0 aliphatic carbocycles. The van der Waals surface area contributed by atoms with E-state index in [-0.39, 0.29) is 29.4 Å². The minimum Gasteiger partial charge on any atom is -0.508 e. The molecule has 0 heterocycles. The van der Waals surface area contributed by atoms with E-state index in [0.29, 0.717) is 17.5 Å². The minimum absolute atomic E-state index is 0.0573. The molecule has 4 nitrogen and oxygen atoms in total. The maximum Gasteiger partial charge on any atom is 0.203 e. The first-order valence-corrected chi connectivity index (χ1v) is 6.89. The molecule has 0 aliphatic heterocycles. The van der Waals surface area contributed by atoms with Gasteiger partial charge in [0, 0.05) is 12.1 Å². The molecule has 2 aromatic carbocycles. The summed E-state index contributed by atoms with van der Waals surface area (Å²) in [6.45, 7) is 3.13. The van der Waals surface area contributed by atoms with Gasteiger partial charge in [0.2, 0.25) is 5.78 Å². The number of carbonyl (C=O) groups is 1. The van der Waals surface area contributed by atoms with Crippen molar-refractivity contribution in [1.29, 1.82) is 0 Å². The first-order chi connectivity index (χ1) is 10.4. The zero-order chi connectivity index (χ0) is 16.3. The van der Waals surface area contributed by atoms with E-state index in [4.69, 9.17) is 4.74 Å². The summed E-state index contributed by atoms with van der Waals surface area (Å²) in [5, 5.41) is 19.4. The maximum absolute atomic E-state index is 13.4. The van der Waals surface area contributed by atoms with E-state index in [1.807, 2.05) is 6.92 Å². The van der Waals surface area contributed by atoms with Gasteiger partial charge < -0.3 is 14.9 Å². The topological polar surface area (TPSA) is 66.8 Å². The number of rotatable bonds is 5. The largest absolute Gasteiger partial charge is 0.508 e. The van der Waals surface area contributed by atoms with Gasteiger partial charge >= 0.3 is 0 Å². The molecule has 116 valence electrons. The van der Waals surface area contributed by atoms with E-state index >= 15 is 0 Å². The fraction of sp³-hybridized carbons (Fsp3) is 0.235. The summed E-state index contributed by atoms with van der Waals surface area (Å²) in [5.41, 5.74) is 1.12. The lowest BCUT2D eigenvalue weighted by atomic mass is 10.0. The second kappa shape index (κ2) is 6.47. The summed E-state index contributed by atoms with van der Waals surface area (Å²) in [7, 11) is 0. The Hall–Kier alpha value is -2.56. The lowest BCUT2D eigenvalue weighted by Gasteiger charge is -2.10. The van der Waals surface area contributed by atoms with Crippen LogP contribution in [0.5, 0.6) is 17.2 Å². The van der Waals surface area contributed by atoms with Crippen molar-refractivity contribution in [1.82, 2.24) is 0 Å². The van der Waals surface area contributed by atoms with Gasteiger partial charge in [0.25, 0.3) is 0 Å². The molecule has 0 saturated heterocycles. The number of ether oxygens (including phenoxy) is 1. The average Bonchev–Trinajstić information content (AvgIpc) is 2.48. The van der Waals surface area contributed by atoms with Crippen LogP contribution in [0.3, 0.4) is 0 Å². The van der Waals surface area contributed by atoms with Gasteiger partial charge in [-0.05, 0) is 36.6 Å². The van der Waals surface area contributed by atoms with Crippen LogP contribution in [0.25, 0.3) is 0 Å². The van der Waals surface area contributed by atoms with Gasteiger partial charge in [0.1, 0.15) is 23.1 Å². The zero-order valence-electron chi connectivity index (χ0n) is 12.4. The van der Waals surface area contributed by atoms with Gasteiger partial charge in [-0.3, -0.25) is 4.79 Å². The lowest BCUT2D eigenvalue weighted by molar-refractivity contribution is 0.0918. The molecule has 0 bridgehead atoms. The van der Waals surface area contributed by atoms with Gasteiger partial charge in [-0.15, -0.1) is 0 Å². The highest BCUT2D eigenvalue weighted by atomic mass is 19.1. The SMILES string of the molecule is CCc1cc(C(=O)COc2ccc(C)c(F)c2)c(O)cc1O. The molecule has 0 aromatic heterocycles. The Kier molecular flexibility index (Phi) is 4.65. The second-order valence-electron chi connectivity index (χ2n) is 4.97. The molecule has 0 amide bonds. The van der Waals surface area contributed by atoms with Crippen molar-refractivity contribution in [3.05, 3.63) is 52.8 Å².